The van der Waals surface area contributed by atoms with Crippen LogP contribution in [0.25, 0.3) is 0 Å². The van der Waals surface area contributed by atoms with E-state index in [1.54, 1.807) is 12.5 Å². The fourth-order valence-electron chi connectivity index (χ4n) is 2.89. The monoisotopic (exact) mass is 286 g/mol. The first-order valence-corrected chi connectivity index (χ1v) is 7.50. The van der Waals surface area contributed by atoms with Crippen LogP contribution in [0.1, 0.15) is 12.8 Å². The third-order valence-electron chi connectivity index (χ3n) is 4.27. The molecule has 0 aliphatic carbocycles. The molecule has 1 fully saturated rings. The molecule has 1 aliphatic heterocycles. The predicted molar refractivity (Wildman–Crippen MR) is 82.1 cm³/mol. The van der Waals surface area contributed by atoms with Gasteiger partial charge in [-0.25, -0.2) is 15.0 Å². The van der Waals surface area contributed by atoms with Crippen molar-refractivity contribution in [1.29, 1.82) is 0 Å². The van der Waals surface area contributed by atoms with Gasteiger partial charge in [-0.05, 0) is 18.9 Å². The van der Waals surface area contributed by atoms with Gasteiger partial charge in [-0.3, -0.25) is 0 Å². The van der Waals surface area contributed by atoms with Gasteiger partial charge in [-0.1, -0.05) is 0 Å². The zero-order chi connectivity index (χ0) is 14.5. The van der Waals surface area contributed by atoms with Crippen LogP contribution in [-0.4, -0.2) is 57.1 Å². The lowest BCUT2D eigenvalue weighted by Gasteiger charge is -2.37. The number of aromatic nitrogens is 4. The van der Waals surface area contributed by atoms with E-state index in [0.29, 0.717) is 6.04 Å². The highest BCUT2D eigenvalue weighted by Gasteiger charge is 2.22. The topological polar surface area (TPSA) is 50.1 Å². The summed E-state index contributed by atoms with van der Waals surface area (Å²) in [6, 6.07) is 2.55. The van der Waals surface area contributed by atoms with Crippen LogP contribution in [-0.2, 0) is 6.54 Å². The molecule has 6 nitrogen and oxygen atoms in total. The number of imidazole rings is 1. The van der Waals surface area contributed by atoms with Crippen molar-refractivity contribution in [2.24, 2.45) is 0 Å². The summed E-state index contributed by atoms with van der Waals surface area (Å²) < 4.78 is 2.14. The summed E-state index contributed by atoms with van der Waals surface area (Å²) in [7, 11) is 2.13. The quantitative estimate of drug-likeness (QED) is 0.828. The van der Waals surface area contributed by atoms with Crippen molar-refractivity contribution in [3.63, 3.8) is 0 Å². The number of likely N-dealkylation sites (tertiary alicyclic amines) is 1. The van der Waals surface area contributed by atoms with Gasteiger partial charge in [0.05, 0.1) is 6.33 Å². The summed E-state index contributed by atoms with van der Waals surface area (Å²) in [5.41, 5.74) is 0. The zero-order valence-corrected chi connectivity index (χ0v) is 12.5. The van der Waals surface area contributed by atoms with Crippen LogP contribution < -0.4 is 4.90 Å². The fraction of sp³-hybridized carbons (Fsp3) is 0.533. The summed E-state index contributed by atoms with van der Waals surface area (Å²) in [5.74, 6) is 1.02. The van der Waals surface area contributed by atoms with Crippen molar-refractivity contribution in [1.82, 2.24) is 24.4 Å². The van der Waals surface area contributed by atoms with Crippen LogP contribution in [0.4, 0.5) is 5.82 Å². The van der Waals surface area contributed by atoms with Crippen molar-refractivity contribution in [3.8, 4) is 0 Å². The van der Waals surface area contributed by atoms with Crippen molar-refractivity contribution in [2.75, 3.05) is 31.6 Å². The highest BCUT2D eigenvalue weighted by molar-refractivity contribution is 5.36. The molecule has 0 amide bonds. The van der Waals surface area contributed by atoms with E-state index in [2.05, 4.69) is 36.4 Å². The summed E-state index contributed by atoms with van der Waals surface area (Å²) >= 11 is 0. The van der Waals surface area contributed by atoms with Crippen molar-refractivity contribution < 1.29 is 0 Å². The van der Waals surface area contributed by atoms with E-state index in [-0.39, 0.29) is 0 Å². The molecule has 0 spiro atoms. The lowest BCUT2D eigenvalue weighted by atomic mass is 10.0. The molecule has 112 valence electrons. The van der Waals surface area contributed by atoms with Gasteiger partial charge in [0.2, 0.25) is 0 Å². The lowest BCUT2D eigenvalue weighted by molar-refractivity contribution is 0.204. The standard InChI is InChI=1S/C15H22N6/c1-19(15-2-5-16-12-18-15)14-3-7-20(8-4-14)10-11-21-9-6-17-13-21/h2,5-6,9,12-14H,3-4,7-8,10-11H2,1H3. The minimum Gasteiger partial charge on any atom is -0.356 e. The summed E-state index contributed by atoms with van der Waals surface area (Å²) in [6.07, 6.45) is 11.5. The fourth-order valence-corrected chi connectivity index (χ4v) is 2.89. The van der Waals surface area contributed by atoms with Crippen molar-refractivity contribution >= 4 is 5.82 Å². The molecule has 0 aromatic carbocycles. The van der Waals surface area contributed by atoms with Gasteiger partial charge >= 0.3 is 0 Å². The molecule has 0 atom stereocenters. The molecule has 0 saturated carbocycles. The molecule has 1 aliphatic rings. The van der Waals surface area contributed by atoms with Gasteiger partial charge in [0, 0.05) is 57.9 Å². The Labute approximate surface area is 125 Å². The molecule has 2 aromatic heterocycles. The van der Waals surface area contributed by atoms with Gasteiger partial charge in [0.15, 0.2) is 0 Å². The van der Waals surface area contributed by atoms with Crippen LogP contribution >= 0.6 is 0 Å². The van der Waals surface area contributed by atoms with E-state index in [9.17, 15) is 0 Å². The first kappa shape index (κ1) is 14.0. The molecule has 2 aromatic rings. The summed E-state index contributed by atoms with van der Waals surface area (Å²) in [4.78, 5) is 17.2. The molecular formula is C15H22N6. The third-order valence-corrected chi connectivity index (χ3v) is 4.27. The molecular weight excluding hydrogens is 264 g/mol. The Balaban J connectivity index is 1.46. The average Bonchev–Trinajstić information content (AvgIpc) is 3.07. The number of hydrogen-bond donors (Lipinski definition) is 0. The second kappa shape index (κ2) is 6.67. The Morgan fingerprint density at radius 3 is 2.71 bits per heavy atom. The maximum absolute atomic E-state index is 4.33. The van der Waals surface area contributed by atoms with Crippen molar-refractivity contribution in [3.05, 3.63) is 37.3 Å². The Kier molecular flexibility index (Phi) is 4.45. The van der Waals surface area contributed by atoms with E-state index >= 15 is 0 Å². The molecule has 0 bridgehead atoms. The van der Waals surface area contributed by atoms with Gasteiger partial charge < -0.3 is 14.4 Å². The Bertz CT molecular complexity index is 518. The van der Waals surface area contributed by atoms with Gasteiger partial charge in [-0.2, -0.15) is 0 Å². The van der Waals surface area contributed by atoms with E-state index in [1.165, 1.54) is 12.8 Å². The number of nitrogens with zero attached hydrogens (tertiary/aromatic N) is 6. The Morgan fingerprint density at radius 2 is 2.05 bits per heavy atom. The van der Waals surface area contributed by atoms with Crippen LogP contribution in [0, 0.1) is 0 Å². The van der Waals surface area contributed by atoms with Crippen LogP contribution in [0.5, 0.6) is 0 Å². The van der Waals surface area contributed by atoms with Crippen LogP contribution in [0.3, 0.4) is 0 Å². The van der Waals surface area contributed by atoms with Crippen molar-refractivity contribution in [2.45, 2.75) is 25.4 Å². The van der Waals surface area contributed by atoms with Crippen LogP contribution in [0.2, 0.25) is 0 Å². The van der Waals surface area contributed by atoms with E-state index < -0.39 is 0 Å². The van der Waals surface area contributed by atoms with E-state index in [0.717, 1.165) is 32.0 Å². The first-order valence-electron chi connectivity index (χ1n) is 7.50. The molecule has 3 rings (SSSR count). The summed E-state index contributed by atoms with van der Waals surface area (Å²) in [5, 5.41) is 0. The summed E-state index contributed by atoms with van der Waals surface area (Å²) in [6.45, 7) is 4.41. The van der Waals surface area contributed by atoms with Gasteiger partial charge in [0.25, 0.3) is 0 Å². The number of rotatable bonds is 5. The maximum Gasteiger partial charge on any atom is 0.131 e. The Hall–Kier alpha value is -1.95. The molecule has 3 heterocycles. The van der Waals surface area contributed by atoms with Gasteiger partial charge in [-0.15, -0.1) is 0 Å². The highest BCUT2D eigenvalue weighted by atomic mass is 15.2. The zero-order valence-electron chi connectivity index (χ0n) is 12.5. The number of hydrogen-bond acceptors (Lipinski definition) is 5. The van der Waals surface area contributed by atoms with Gasteiger partial charge in [0.1, 0.15) is 12.1 Å². The molecule has 21 heavy (non-hydrogen) atoms. The maximum atomic E-state index is 4.33. The molecule has 0 unspecified atom stereocenters. The third kappa shape index (κ3) is 3.58. The molecule has 0 radical (unpaired) electrons. The second-order valence-corrected chi connectivity index (χ2v) is 5.55. The number of piperidine rings is 1. The number of anilines is 1. The van der Waals surface area contributed by atoms with Crippen LogP contribution in [0.15, 0.2) is 37.3 Å². The molecule has 1 saturated heterocycles. The predicted octanol–water partition coefficient (Wildman–Crippen LogP) is 1.27. The van der Waals surface area contributed by atoms with E-state index in [4.69, 9.17) is 0 Å². The molecule has 0 N–H and O–H groups in total. The minimum atomic E-state index is 0.574. The lowest BCUT2D eigenvalue weighted by Crippen LogP contribution is -2.44. The average molecular weight is 286 g/mol. The Morgan fingerprint density at radius 1 is 1.19 bits per heavy atom. The van der Waals surface area contributed by atoms with E-state index in [1.807, 2.05) is 24.8 Å². The molecule has 6 heteroatoms. The minimum absolute atomic E-state index is 0.574. The highest BCUT2D eigenvalue weighted by Crippen LogP contribution is 2.19. The SMILES string of the molecule is CN(c1ccncn1)C1CCN(CCn2ccnc2)CC1. The largest absolute Gasteiger partial charge is 0.356 e. The second-order valence-electron chi connectivity index (χ2n) is 5.55. The first-order chi connectivity index (χ1) is 10.3. The normalized spacial score (nSPS) is 17.0. The smallest absolute Gasteiger partial charge is 0.131 e.